The topological polar surface area (TPSA) is 65.3 Å². The Labute approximate surface area is 207 Å². The maximum Gasteiger partial charge on any atom is 0.166 e. The van der Waals surface area contributed by atoms with Gasteiger partial charge in [0.2, 0.25) is 0 Å². The molecule has 0 saturated carbocycles. The smallest absolute Gasteiger partial charge is 0.166 e. The highest BCUT2D eigenvalue weighted by atomic mass is 19.2. The van der Waals surface area contributed by atoms with Crippen molar-refractivity contribution in [1.82, 2.24) is 19.7 Å². The van der Waals surface area contributed by atoms with E-state index in [-0.39, 0.29) is 17.8 Å². The summed E-state index contributed by atoms with van der Waals surface area (Å²) in [4.78, 5) is 11.9. The largest absolute Gasteiger partial charge is 0.377 e. The Balaban J connectivity index is 1.59. The summed E-state index contributed by atoms with van der Waals surface area (Å²) in [6, 6.07) is 9.87. The second-order valence-corrected chi connectivity index (χ2v) is 9.28. The normalized spacial score (nSPS) is 20.7. The Morgan fingerprint density at radius 1 is 1.03 bits per heavy atom. The van der Waals surface area contributed by atoms with Gasteiger partial charge in [0, 0.05) is 36.5 Å². The number of benzene rings is 1. The molecule has 4 aromatic rings. The van der Waals surface area contributed by atoms with Crippen molar-refractivity contribution < 1.29 is 18.3 Å². The maximum absolute atomic E-state index is 15.1. The minimum Gasteiger partial charge on any atom is -0.377 e. The molecule has 0 radical (unpaired) electrons. The van der Waals surface area contributed by atoms with Gasteiger partial charge in [-0.25, -0.2) is 18.4 Å². The number of fused-ring (bicyclic) bond motifs is 1. The zero-order valence-corrected chi connectivity index (χ0v) is 20.0. The van der Waals surface area contributed by atoms with E-state index < -0.39 is 11.6 Å². The van der Waals surface area contributed by atoms with Crippen molar-refractivity contribution in [2.45, 2.75) is 38.5 Å². The fourth-order valence-electron chi connectivity index (χ4n) is 5.12. The number of rotatable bonds is 4. The Hall–Kier alpha value is -3.43. The molecule has 7 nitrogen and oxygen atoms in total. The first-order chi connectivity index (χ1) is 17.6. The van der Waals surface area contributed by atoms with Crippen molar-refractivity contribution in [1.29, 1.82) is 0 Å². The molecule has 0 N–H and O–H groups in total. The molecule has 6 rings (SSSR count). The number of ether oxygens (including phenoxy) is 2. The van der Waals surface area contributed by atoms with Crippen LogP contribution in [0.3, 0.4) is 0 Å². The molecule has 2 fully saturated rings. The van der Waals surface area contributed by atoms with Crippen molar-refractivity contribution in [2.24, 2.45) is 0 Å². The van der Waals surface area contributed by atoms with Crippen LogP contribution >= 0.6 is 0 Å². The molecule has 2 saturated heterocycles. The predicted octanol–water partition coefficient (Wildman–Crippen LogP) is 5.36. The third kappa shape index (κ3) is 4.02. The van der Waals surface area contributed by atoms with Gasteiger partial charge >= 0.3 is 0 Å². The number of morpholine rings is 1. The standard InChI is InChI=1S/C27H27F2N5O2/c1-17-16-35-14-12-33(17)23-15-20(18-5-4-6-21(28)25(18)29)19-8-10-30-27(26(19)32-23)22-9-11-31-34(22)24-7-2-3-13-36-24/h4-6,8-11,15,17,24H,2-3,7,12-14,16H2,1H3/t17-,24?/m1/s1. The van der Waals surface area contributed by atoms with E-state index in [1.165, 1.54) is 6.07 Å². The van der Waals surface area contributed by atoms with Crippen LogP contribution in [0.25, 0.3) is 33.4 Å². The number of anilines is 1. The zero-order valence-electron chi connectivity index (χ0n) is 20.0. The molecule has 0 spiro atoms. The van der Waals surface area contributed by atoms with Gasteiger partial charge in [-0.2, -0.15) is 5.10 Å². The SMILES string of the molecule is C[C@@H]1COCCN1c1cc(-c2cccc(F)c2F)c2ccnc(-c3ccnn3C3CCCCO3)c2n1. The lowest BCUT2D eigenvalue weighted by atomic mass is 9.99. The highest BCUT2D eigenvalue weighted by Crippen LogP contribution is 2.38. The van der Waals surface area contributed by atoms with Crippen LogP contribution in [-0.4, -0.2) is 52.2 Å². The molecule has 2 atom stereocenters. The summed E-state index contributed by atoms with van der Waals surface area (Å²) in [5.41, 5.74) is 2.75. The predicted molar refractivity (Wildman–Crippen MR) is 133 cm³/mol. The van der Waals surface area contributed by atoms with Crippen molar-refractivity contribution in [2.75, 3.05) is 31.3 Å². The molecule has 2 aliphatic rings. The number of halogens is 2. The summed E-state index contributed by atoms with van der Waals surface area (Å²) >= 11 is 0. The van der Waals surface area contributed by atoms with Crippen LogP contribution in [0, 0.1) is 11.6 Å². The van der Waals surface area contributed by atoms with Gasteiger partial charge in [-0.05, 0) is 56.0 Å². The molecular weight excluding hydrogens is 464 g/mol. The molecule has 1 unspecified atom stereocenters. The fraction of sp³-hybridized carbons (Fsp3) is 0.370. The first-order valence-corrected chi connectivity index (χ1v) is 12.4. The van der Waals surface area contributed by atoms with E-state index in [1.807, 2.05) is 16.8 Å². The fourth-order valence-corrected chi connectivity index (χ4v) is 5.12. The van der Waals surface area contributed by atoms with E-state index in [0.29, 0.717) is 54.3 Å². The number of hydrogen-bond donors (Lipinski definition) is 0. The molecule has 36 heavy (non-hydrogen) atoms. The van der Waals surface area contributed by atoms with E-state index in [4.69, 9.17) is 19.4 Å². The highest BCUT2D eigenvalue weighted by Gasteiger charge is 2.26. The summed E-state index contributed by atoms with van der Waals surface area (Å²) in [6.45, 7) is 4.53. The third-order valence-corrected chi connectivity index (χ3v) is 6.96. The Kier molecular flexibility index (Phi) is 6.10. The minimum atomic E-state index is -0.888. The first-order valence-electron chi connectivity index (χ1n) is 12.4. The molecular formula is C27H27F2N5O2. The van der Waals surface area contributed by atoms with E-state index >= 15 is 4.39 Å². The zero-order chi connectivity index (χ0) is 24.6. The summed E-state index contributed by atoms with van der Waals surface area (Å²) < 4.78 is 42.8. The second-order valence-electron chi connectivity index (χ2n) is 9.28. The van der Waals surface area contributed by atoms with E-state index in [1.54, 1.807) is 24.5 Å². The number of aromatic nitrogens is 4. The van der Waals surface area contributed by atoms with Crippen molar-refractivity contribution in [3.63, 3.8) is 0 Å². The quantitative estimate of drug-likeness (QED) is 0.383. The Morgan fingerprint density at radius 2 is 1.94 bits per heavy atom. The van der Waals surface area contributed by atoms with Gasteiger partial charge in [0.05, 0.1) is 24.9 Å². The molecule has 9 heteroatoms. The molecule has 0 bridgehead atoms. The van der Waals surface area contributed by atoms with Crippen molar-refractivity contribution >= 4 is 16.7 Å². The van der Waals surface area contributed by atoms with Crippen LogP contribution in [0.2, 0.25) is 0 Å². The van der Waals surface area contributed by atoms with Gasteiger partial charge in [-0.1, -0.05) is 12.1 Å². The van der Waals surface area contributed by atoms with Gasteiger partial charge < -0.3 is 14.4 Å². The molecule has 186 valence electrons. The van der Waals surface area contributed by atoms with Gasteiger partial charge in [-0.15, -0.1) is 0 Å². The van der Waals surface area contributed by atoms with E-state index in [9.17, 15) is 4.39 Å². The van der Waals surface area contributed by atoms with E-state index in [0.717, 1.165) is 31.0 Å². The average Bonchev–Trinajstić information content (AvgIpc) is 3.40. The monoisotopic (exact) mass is 491 g/mol. The number of nitrogens with zero attached hydrogens (tertiary/aromatic N) is 5. The third-order valence-electron chi connectivity index (χ3n) is 6.96. The van der Waals surface area contributed by atoms with Gasteiger partial charge in [-0.3, -0.25) is 4.98 Å². The number of hydrogen-bond acceptors (Lipinski definition) is 6. The van der Waals surface area contributed by atoms with Gasteiger partial charge in [0.25, 0.3) is 0 Å². The van der Waals surface area contributed by atoms with Crippen LogP contribution < -0.4 is 4.90 Å². The Morgan fingerprint density at radius 3 is 2.78 bits per heavy atom. The van der Waals surface area contributed by atoms with Gasteiger partial charge in [0.15, 0.2) is 17.9 Å². The lowest BCUT2D eigenvalue weighted by Gasteiger charge is -2.34. The van der Waals surface area contributed by atoms with Crippen LogP contribution in [-0.2, 0) is 9.47 Å². The minimum absolute atomic E-state index is 0.0789. The lowest BCUT2D eigenvalue weighted by Crippen LogP contribution is -2.44. The molecule has 1 aromatic carbocycles. The molecule has 0 amide bonds. The summed E-state index contributed by atoms with van der Waals surface area (Å²) in [6.07, 6.45) is 6.19. The first kappa shape index (κ1) is 23.0. The summed E-state index contributed by atoms with van der Waals surface area (Å²) in [5, 5.41) is 5.23. The second kappa shape index (κ2) is 9.55. The van der Waals surface area contributed by atoms with Crippen LogP contribution in [0.5, 0.6) is 0 Å². The van der Waals surface area contributed by atoms with E-state index in [2.05, 4.69) is 16.9 Å². The van der Waals surface area contributed by atoms with Crippen LogP contribution in [0.1, 0.15) is 32.4 Å². The van der Waals surface area contributed by atoms with Crippen molar-refractivity contribution in [3.8, 4) is 22.5 Å². The molecule has 2 aliphatic heterocycles. The van der Waals surface area contributed by atoms with Crippen LogP contribution in [0.4, 0.5) is 14.6 Å². The molecule has 5 heterocycles. The van der Waals surface area contributed by atoms with Gasteiger partial charge in [0.1, 0.15) is 17.0 Å². The Bertz CT molecular complexity index is 1400. The van der Waals surface area contributed by atoms with Crippen LogP contribution in [0.15, 0.2) is 48.8 Å². The molecule has 3 aromatic heterocycles. The molecule has 0 aliphatic carbocycles. The summed E-state index contributed by atoms with van der Waals surface area (Å²) in [5.74, 6) is -1.10. The number of pyridine rings is 2. The lowest BCUT2D eigenvalue weighted by molar-refractivity contribution is -0.0383. The average molecular weight is 492 g/mol. The highest BCUT2D eigenvalue weighted by molar-refractivity contribution is 6.01. The van der Waals surface area contributed by atoms with Crippen molar-refractivity contribution in [3.05, 3.63) is 60.4 Å². The maximum atomic E-state index is 15.1. The summed E-state index contributed by atoms with van der Waals surface area (Å²) in [7, 11) is 0.